The number of cyclic esters (lactones) is 1. The molecular weight excluding hydrogens is 324 g/mol. The Labute approximate surface area is 145 Å². The van der Waals surface area contributed by atoms with E-state index in [1.54, 1.807) is 16.2 Å². The summed E-state index contributed by atoms with van der Waals surface area (Å²) in [5.74, 6) is -0.0573. The number of amides is 2. The summed E-state index contributed by atoms with van der Waals surface area (Å²) in [6.07, 6.45) is -0.332. The molecule has 1 N–H and O–H groups in total. The summed E-state index contributed by atoms with van der Waals surface area (Å²) >= 11 is 1.56. The van der Waals surface area contributed by atoms with Crippen molar-refractivity contribution >= 4 is 29.0 Å². The highest BCUT2D eigenvalue weighted by Crippen LogP contribution is 2.23. The van der Waals surface area contributed by atoms with E-state index in [0.717, 1.165) is 16.1 Å². The topological polar surface area (TPSA) is 58.6 Å². The lowest BCUT2D eigenvalue weighted by molar-refractivity contribution is -0.120. The lowest BCUT2D eigenvalue weighted by atomic mass is 10.1. The number of hydrogen-bond acceptors (Lipinski definition) is 4. The number of aryl methyl sites for hydroxylation is 2. The van der Waals surface area contributed by atoms with E-state index in [1.165, 1.54) is 5.56 Å². The lowest BCUT2D eigenvalue weighted by Crippen LogP contribution is -2.35. The van der Waals surface area contributed by atoms with Crippen LogP contribution in [0.3, 0.4) is 0 Å². The molecule has 1 aliphatic rings. The molecule has 0 aliphatic carbocycles. The summed E-state index contributed by atoms with van der Waals surface area (Å²) in [5.41, 5.74) is 3.15. The number of thiophene rings is 1. The third-order valence-electron chi connectivity index (χ3n) is 4.12. The zero-order chi connectivity index (χ0) is 17.1. The molecule has 1 saturated heterocycles. The first-order chi connectivity index (χ1) is 11.5. The van der Waals surface area contributed by atoms with Gasteiger partial charge in [0.2, 0.25) is 5.91 Å². The van der Waals surface area contributed by atoms with E-state index in [2.05, 4.69) is 5.32 Å². The first kappa shape index (κ1) is 16.5. The fourth-order valence-corrected chi connectivity index (χ4v) is 3.30. The van der Waals surface area contributed by atoms with Crippen LogP contribution in [0.15, 0.2) is 35.7 Å². The molecule has 2 amide bonds. The van der Waals surface area contributed by atoms with Gasteiger partial charge in [-0.1, -0.05) is 12.1 Å². The molecule has 1 aromatic carbocycles. The minimum absolute atomic E-state index is 0.0573. The second-order valence-electron chi connectivity index (χ2n) is 5.95. The second kappa shape index (κ2) is 7.05. The van der Waals surface area contributed by atoms with E-state index < -0.39 is 0 Å². The third kappa shape index (κ3) is 3.76. The number of anilines is 1. The average Bonchev–Trinajstić information content (AvgIpc) is 3.18. The predicted octanol–water partition coefficient (Wildman–Crippen LogP) is 3.05. The van der Waals surface area contributed by atoms with Gasteiger partial charge >= 0.3 is 6.09 Å². The molecule has 2 aromatic rings. The Morgan fingerprint density at radius 1 is 1.33 bits per heavy atom. The first-order valence-corrected chi connectivity index (χ1v) is 8.75. The van der Waals surface area contributed by atoms with Crippen LogP contribution < -0.4 is 10.2 Å². The van der Waals surface area contributed by atoms with E-state index in [4.69, 9.17) is 4.74 Å². The fourth-order valence-electron chi connectivity index (χ4n) is 2.59. The number of nitrogens with zero attached hydrogens (tertiary/aromatic N) is 1. The van der Waals surface area contributed by atoms with E-state index in [-0.39, 0.29) is 18.1 Å². The second-order valence-corrected chi connectivity index (χ2v) is 6.98. The minimum atomic E-state index is -0.365. The van der Waals surface area contributed by atoms with Gasteiger partial charge in [-0.3, -0.25) is 9.69 Å². The van der Waals surface area contributed by atoms with E-state index in [1.807, 2.05) is 49.6 Å². The Hall–Kier alpha value is -2.34. The SMILES string of the molecule is Cc1ccc(N2CC(CNC(=O)Cc3cccs3)OC2=O)cc1C. The maximum absolute atomic E-state index is 12.1. The van der Waals surface area contributed by atoms with Gasteiger partial charge < -0.3 is 10.1 Å². The van der Waals surface area contributed by atoms with E-state index >= 15 is 0 Å². The number of nitrogens with one attached hydrogen (secondary N) is 1. The number of carbonyl (C=O) groups excluding carboxylic acids is 2. The monoisotopic (exact) mass is 344 g/mol. The molecule has 1 atom stereocenters. The quantitative estimate of drug-likeness (QED) is 0.907. The van der Waals surface area contributed by atoms with Gasteiger partial charge in [-0.25, -0.2) is 4.79 Å². The summed E-state index contributed by atoms with van der Waals surface area (Å²) < 4.78 is 5.36. The average molecular weight is 344 g/mol. The van der Waals surface area contributed by atoms with Gasteiger partial charge in [0.05, 0.1) is 19.5 Å². The van der Waals surface area contributed by atoms with E-state index in [0.29, 0.717) is 19.5 Å². The maximum atomic E-state index is 12.1. The molecule has 3 rings (SSSR count). The molecule has 1 aliphatic heterocycles. The number of ether oxygens (including phenoxy) is 1. The molecule has 1 fully saturated rings. The van der Waals surface area contributed by atoms with Crippen molar-refractivity contribution in [3.8, 4) is 0 Å². The molecule has 24 heavy (non-hydrogen) atoms. The number of benzene rings is 1. The van der Waals surface area contributed by atoms with Crippen LogP contribution in [0.2, 0.25) is 0 Å². The molecule has 6 heteroatoms. The minimum Gasteiger partial charge on any atom is -0.442 e. The Morgan fingerprint density at radius 3 is 2.88 bits per heavy atom. The highest BCUT2D eigenvalue weighted by atomic mass is 32.1. The smallest absolute Gasteiger partial charge is 0.414 e. The van der Waals surface area contributed by atoms with Gasteiger partial charge in [0.25, 0.3) is 0 Å². The van der Waals surface area contributed by atoms with Crippen molar-refractivity contribution < 1.29 is 14.3 Å². The highest BCUT2D eigenvalue weighted by molar-refractivity contribution is 7.10. The van der Waals surface area contributed by atoms with Gasteiger partial charge in [0.1, 0.15) is 6.10 Å². The zero-order valence-corrected chi connectivity index (χ0v) is 14.6. The van der Waals surface area contributed by atoms with Crippen molar-refractivity contribution in [3.05, 3.63) is 51.7 Å². The Morgan fingerprint density at radius 2 is 2.17 bits per heavy atom. The van der Waals surface area contributed by atoms with Gasteiger partial charge in [0, 0.05) is 10.6 Å². The van der Waals surface area contributed by atoms with Crippen LogP contribution in [0.1, 0.15) is 16.0 Å². The highest BCUT2D eigenvalue weighted by Gasteiger charge is 2.32. The van der Waals surface area contributed by atoms with Crippen molar-refractivity contribution in [3.63, 3.8) is 0 Å². The number of rotatable bonds is 5. The van der Waals surface area contributed by atoms with Crippen molar-refractivity contribution in [1.82, 2.24) is 5.32 Å². The molecule has 0 saturated carbocycles. The van der Waals surface area contributed by atoms with Gasteiger partial charge in [-0.2, -0.15) is 0 Å². The standard InChI is InChI=1S/C18H20N2O3S/c1-12-5-6-14(8-13(12)2)20-11-15(23-18(20)22)10-19-17(21)9-16-4-3-7-24-16/h3-8,15H,9-11H2,1-2H3,(H,19,21). The van der Waals surface area contributed by atoms with E-state index in [9.17, 15) is 9.59 Å². The van der Waals surface area contributed by atoms with Crippen LogP contribution in [0.25, 0.3) is 0 Å². The van der Waals surface area contributed by atoms with Crippen LogP contribution in [0, 0.1) is 13.8 Å². The van der Waals surface area contributed by atoms with Crippen molar-refractivity contribution in [2.75, 3.05) is 18.0 Å². The summed E-state index contributed by atoms with van der Waals surface area (Å²) in [4.78, 5) is 26.6. The first-order valence-electron chi connectivity index (χ1n) is 7.87. The molecule has 5 nitrogen and oxygen atoms in total. The summed E-state index contributed by atoms with van der Waals surface area (Å²) in [5, 5.41) is 4.79. The zero-order valence-electron chi connectivity index (χ0n) is 13.7. The molecule has 1 unspecified atom stereocenters. The molecule has 0 bridgehead atoms. The normalized spacial score (nSPS) is 17.0. The summed E-state index contributed by atoms with van der Waals surface area (Å²) in [6.45, 7) is 4.83. The van der Waals surface area contributed by atoms with Crippen LogP contribution in [0.5, 0.6) is 0 Å². The van der Waals surface area contributed by atoms with Crippen molar-refractivity contribution in [2.45, 2.75) is 26.4 Å². The summed E-state index contributed by atoms with van der Waals surface area (Å²) in [6, 6.07) is 9.75. The van der Waals surface area contributed by atoms with Gasteiger partial charge in [0.15, 0.2) is 0 Å². The Balaban J connectivity index is 1.54. The van der Waals surface area contributed by atoms with Crippen molar-refractivity contribution in [2.24, 2.45) is 0 Å². The molecule has 126 valence electrons. The van der Waals surface area contributed by atoms with Gasteiger partial charge in [-0.15, -0.1) is 11.3 Å². The van der Waals surface area contributed by atoms with Crippen LogP contribution in [0.4, 0.5) is 10.5 Å². The molecular formula is C18H20N2O3S. The van der Waals surface area contributed by atoms with Crippen LogP contribution in [-0.2, 0) is 16.0 Å². The molecule has 2 heterocycles. The van der Waals surface area contributed by atoms with Crippen LogP contribution in [-0.4, -0.2) is 31.2 Å². The molecule has 0 radical (unpaired) electrons. The predicted molar refractivity (Wildman–Crippen MR) is 94.6 cm³/mol. The largest absolute Gasteiger partial charge is 0.442 e. The third-order valence-corrected chi connectivity index (χ3v) is 4.99. The number of carbonyl (C=O) groups is 2. The summed E-state index contributed by atoms with van der Waals surface area (Å²) in [7, 11) is 0. The van der Waals surface area contributed by atoms with Gasteiger partial charge in [-0.05, 0) is 48.6 Å². The molecule has 1 aromatic heterocycles. The molecule has 0 spiro atoms. The Kier molecular flexibility index (Phi) is 4.85. The van der Waals surface area contributed by atoms with Crippen LogP contribution >= 0.6 is 11.3 Å². The fraction of sp³-hybridized carbons (Fsp3) is 0.333. The van der Waals surface area contributed by atoms with Crippen molar-refractivity contribution in [1.29, 1.82) is 0 Å². The Bertz CT molecular complexity index is 743. The lowest BCUT2D eigenvalue weighted by Gasteiger charge is -2.14. The number of hydrogen-bond donors (Lipinski definition) is 1. The maximum Gasteiger partial charge on any atom is 0.414 e.